The highest BCUT2D eigenvalue weighted by Crippen LogP contribution is 2.19. The number of amides is 2. The number of rotatable bonds is 3. The smallest absolute Gasteiger partial charge is 0.242 e. The summed E-state index contributed by atoms with van der Waals surface area (Å²) < 4.78 is 5.55. The van der Waals surface area contributed by atoms with Crippen LogP contribution in [0.2, 0.25) is 0 Å². The topological polar surface area (TPSA) is 70.7 Å². The van der Waals surface area contributed by atoms with Crippen molar-refractivity contribution in [3.05, 3.63) is 0 Å². The van der Waals surface area contributed by atoms with Gasteiger partial charge in [-0.3, -0.25) is 9.59 Å². The number of nitrogens with zero attached hydrogens (tertiary/aromatic N) is 1. The maximum Gasteiger partial charge on any atom is 0.242 e. The fraction of sp³-hybridized carbons (Fsp3) is 0.846. The number of hydrogen-bond acceptors (Lipinski definition) is 4. The van der Waals surface area contributed by atoms with Crippen molar-refractivity contribution in [1.82, 2.24) is 15.5 Å². The molecule has 2 aliphatic rings. The minimum absolute atomic E-state index is 0.0296. The number of hydrogen-bond donors (Lipinski definition) is 2. The van der Waals surface area contributed by atoms with Crippen molar-refractivity contribution >= 4 is 11.8 Å². The molecule has 19 heavy (non-hydrogen) atoms. The molecule has 6 heteroatoms. The lowest BCUT2D eigenvalue weighted by Gasteiger charge is -2.35. The zero-order chi connectivity index (χ0) is 13.7. The van der Waals surface area contributed by atoms with Gasteiger partial charge in [0, 0.05) is 26.7 Å². The number of morpholine rings is 1. The van der Waals surface area contributed by atoms with Crippen LogP contribution in [-0.2, 0) is 14.3 Å². The molecule has 2 aliphatic heterocycles. The molecule has 2 fully saturated rings. The second kappa shape index (κ2) is 6.86. The van der Waals surface area contributed by atoms with Gasteiger partial charge in [-0.2, -0.15) is 0 Å². The molecule has 0 aromatic carbocycles. The Kier molecular flexibility index (Phi) is 5.15. The van der Waals surface area contributed by atoms with Crippen LogP contribution in [-0.4, -0.2) is 62.1 Å². The molecule has 2 N–H and O–H groups in total. The molecule has 0 spiro atoms. The quantitative estimate of drug-likeness (QED) is 0.724. The van der Waals surface area contributed by atoms with E-state index in [1.54, 1.807) is 11.9 Å². The molecular weight excluding hydrogens is 246 g/mol. The Balaban J connectivity index is 1.92. The molecule has 108 valence electrons. The van der Waals surface area contributed by atoms with Crippen LogP contribution < -0.4 is 10.6 Å². The van der Waals surface area contributed by atoms with Crippen LogP contribution in [0.4, 0.5) is 0 Å². The summed E-state index contributed by atoms with van der Waals surface area (Å²) in [5, 5.41) is 5.86. The van der Waals surface area contributed by atoms with Gasteiger partial charge in [-0.1, -0.05) is 0 Å². The van der Waals surface area contributed by atoms with Crippen LogP contribution in [0.1, 0.15) is 25.7 Å². The Morgan fingerprint density at radius 2 is 2.26 bits per heavy atom. The number of carbonyl (C=O) groups is 2. The highest BCUT2D eigenvalue weighted by atomic mass is 16.5. The molecule has 2 amide bonds. The molecule has 2 heterocycles. The first kappa shape index (κ1) is 14.3. The van der Waals surface area contributed by atoms with Gasteiger partial charge >= 0.3 is 0 Å². The minimum atomic E-state index is -0.303. The van der Waals surface area contributed by atoms with Crippen molar-refractivity contribution in [3.63, 3.8) is 0 Å². The molecule has 0 bridgehead atoms. The Morgan fingerprint density at radius 3 is 2.95 bits per heavy atom. The van der Waals surface area contributed by atoms with Crippen molar-refractivity contribution in [3.8, 4) is 0 Å². The SMILES string of the molecule is CNC(=O)C1CCCCN1C(=O)CC1CNCCO1. The average Bonchev–Trinajstić information content (AvgIpc) is 2.47. The van der Waals surface area contributed by atoms with E-state index in [0.717, 1.165) is 25.8 Å². The molecule has 2 atom stereocenters. The van der Waals surface area contributed by atoms with Gasteiger partial charge in [0.15, 0.2) is 0 Å². The van der Waals surface area contributed by atoms with Gasteiger partial charge in [0.2, 0.25) is 11.8 Å². The van der Waals surface area contributed by atoms with Crippen LogP contribution in [0, 0.1) is 0 Å². The Hall–Kier alpha value is -1.14. The second-order valence-corrected chi connectivity index (χ2v) is 5.11. The third-order valence-corrected chi connectivity index (χ3v) is 3.78. The van der Waals surface area contributed by atoms with Gasteiger partial charge in [0.25, 0.3) is 0 Å². The van der Waals surface area contributed by atoms with Crippen molar-refractivity contribution in [2.45, 2.75) is 37.8 Å². The third-order valence-electron chi connectivity index (χ3n) is 3.78. The average molecular weight is 269 g/mol. The standard InChI is InChI=1S/C13H23N3O3/c1-14-13(18)11-4-2-3-6-16(11)12(17)8-10-9-15-5-7-19-10/h10-11,15H,2-9H2,1H3,(H,14,18). The fourth-order valence-corrected chi connectivity index (χ4v) is 2.73. The van der Waals surface area contributed by atoms with Gasteiger partial charge < -0.3 is 20.3 Å². The van der Waals surface area contributed by atoms with Gasteiger partial charge in [-0.25, -0.2) is 0 Å². The first-order chi connectivity index (χ1) is 9.22. The van der Waals surface area contributed by atoms with E-state index in [4.69, 9.17) is 4.74 Å². The largest absolute Gasteiger partial charge is 0.375 e. The van der Waals surface area contributed by atoms with Crippen molar-refractivity contribution in [2.75, 3.05) is 33.3 Å². The van der Waals surface area contributed by atoms with E-state index in [1.165, 1.54) is 0 Å². The molecule has 0 aromatic rings. The first-order valence-electron chi connectivity index (χ1n) is 7.05. The third kappa shape index (κ3) is 3.67. The van der Waals surface area contributed by atoms with E-state index in [2.05, 4.69) is 10.6 Å². The van der Waals surface area contributed by atoms with E-state index in [-0.39, 0.29) is 24.0 Å². The lowest BCUT2D eigenvalue weighted by molar-refractivity contribution is -0.144. The summed E-state index contributed by atoms with van der Waals surface area (Å²) in [5.74, 6) is -0.0299. The van der Waals surface area contributed by atoms with E-state index in [1.807, 2.05) is 0 Å². The second-order valence-electron chi connectivity index (χ2n) is 5.11. The monoisotopic (exact) mass is 269 g/mol. The summed E-state index contributed by atoms with van der Waals surface area (Å²) in [5.41, 5.74) is 0. The zero-order valence-corrected chi connectivity index (χ0v) is 11.5. The van der Waals surface area contributed by atoms with E-state index in [0.29, 0.717) is 26.1 Å². The summed E-state index contributed by atoms with van der Waals surface area (Å²) in [6.45, 7) is 2.88. The van der Waals surface area contributed by atoms with Crippen molar-refractivity contribution < 1.29 is 14.3 Å². The predicted octanol–water partition coefficient (Wildman–Crippen LogP) is -0.508. The zero-order valence-electron chi connectivity index (χ0n) is 11.5. The fourth-order valence-electron chi connectivity index (χ4n) is 2.73. The van der Waals surface area contributed by atoms with Crippen molar-refractivity contribution in [1.29, 1.82) is 0 Å². The summed E-state index contributed by atoms with van der Waals surface area (Å²) >= 11 is 0. The minimum Gasteiger partial charge on any atom is -0.375 e. The lowest BCUT2D eigenvalue weighted by atomic mass is 10.0. The van der Waals surface area contributed by atoms with Crippen LogP contribution in [0.3, 0.4) is 0 Å². The Morgan fingerprint density at radius 1 is 1.42 bits per heavy atom. The van der Waals surface area contributed by atoms with Gasteiger partial charge in [-0.15, -0.1) is 0 Å². The number of ether oxygens (including phenoxy) is 1. The van der Waals surface area contributed by atoms with E-state index in [9.17, 15) is 9.59 Å². The maximum absolute atomic E-state index is 12.3. The van der Waals surface area contributed by atoms with Gasteiger partial charge in [-0.05, 0) is 19.3 Å². The van der Waals surface area contributed by atoms with Gasteiger partial charge in [0.1, 0.15) is 6.04 Å². The summed E-state index contributed by atoms with van der Waals surface area (Å²) in [6, 6.07) is -0.303. The Labute approximate surface area is 113 Å². The summed E-state index contributed by atoms with van der Waals surface area (Å²) in [4.78, 5) is 25.9. The molecule has 6 nitrogen and oxygen atoms in total. The molecule has 0 aromatic heterocycles. The highest BCUT2D eigenvalue weighted by Gasteiger charge is 2.32. The van der Waals surface area contributed by atoms with Crippen LogP contribution in [0.5, 0.6) is 0 Å². The lowest BCUT2D eigenvalue weighted by Crippen LogP contribution is -2.52. The molecular formula is C13H23N3O3. The van der Waals surface area contributed by atoms with Crippen molar-refractivity contribution in [2.24, 2.45) is 0 Å². The predicted molar refractivity (Wildman–Crippen MR) is 70.6 cm³/mol. The highest BCUT2D eigenvalue weighted by molar-refractivity contribution is 5.87. The van der Waals surface area contributed by atoms with Crippen LogP contribution in [0.25, 0.3) is 0 Å². The molecule has 2 unspecified atom stereocenters. The summed E-state index contributed by atoms with van der Waals surface area (Å²) in [6.07, 6.45) is 3.04. The first-order valence-corrected chi connectivity index (χ1v) is 7.05. The number of likely N-dealkylation sites (tertiary alicyclic amines) is 1. The van der Waals surface area contributed by atoms with E-state index < -0.39 is 0 Å². The number of nitrogens with one attached hydrogen (secondary N) is 2. The van der Waals surface area contributed by atoms with Gasteiger partial charge in [0.05, 0.1) is 19.1 Å². The molecule has 0 aliphatic carbocycles. The molecule has 2 rings (SSSR count). The van der Waals surface area contributed by atoms with Crippen LogP contribution in [0.15, 0.2) is 0 Å². The Bertz CT molecular complexity index is 329. The summed E-state index contributed by atoms with van der Waals surface area (Å²) in [7, 11) is 1.62. The maximum atomic E-state index is 12.3. The molecule has 2 saturated heterocycles. The number of carbonyl (C=O) groups excluding carboxylic acids is 2. The number of likely N-dealkylation sites (N-methyl/N-ethyl adjacent to an activating group) is 1. The molecule has 0 radical (unpaired) electrons. The number of piperidine rings is 1. The van der Waals surface area contributed by atoms with Crippen LogP contribution >= 0.6 is 0 Å². The van der Waals surface area contributed by atoms with E-state index >= 15 is 0 Å². The normalized spacial score (nSPS) is 27.9. The molecule has 0 saturated carbocycles.